The number of anilines is 2. The Hall–Kier alpha value is -2.31. The van der Waals surface area contributed by atoms with E-state index in [-0.39, 0.29) is 17.7 Å². The summed E-state index contributed by atoms with van der Waals surface area (Å²) in [5.74, 6) is -0.0550. The van der Waals surface area contributed by atoms with Crippen LogP contribution in [0.2, 0.25) is 10.0 Å². The molecule has 0 saturated carbocycles. The van der Waals surface area contributed by atoms with Crippen LogP contribution in [-0.2, 0) is 4.79 Å². The minimum Gasteiger partial charge on any atom is -0.376 e. The molecular weight excluding hydrogens is 399 g/mol. The van der Waals surface area contributed by atoms with E-state index in [0.717, 1.165) is 18.5 Å². The molecule has 8 heteroatoms. The van der Waals surface area contributed by atoms with Crippen molar-refractivity contribution in [3.05, 3.63) is 52.1 Å². The molecule has 0 radical (unpaired) electrons. The fourth-order valence-electron chi connectivity index (χ4n) is 3.14. The third-order valence-corrected chi connectivity index (χ3v) is 5.50. The van der Waals surface area contributed by atoms with E-state index in [9.17, 15) is 9.59 Å². The third-order valence-electron chi connectivity index (χ3n) is 4.76. The average Bonchev–Trinajstić information content (AvgIpc) is 2.70. The van der Waals surface area contributed by atoms with E-state index in [1.54, 1.807) is 35.4 Å². The molecule has 0 spiro atoms. The van der Waals surface area contributed by atoms with E-state index >= 15 is 0 Å². The number of nitrogens with zero attached hydrogens (tertiary/aromatic N) is 3. The Kier molecular flexibility index (Phi) is 6.42. The molecule has 1 saturated heterocycles. The molecule has 1 aromatic carbocycles. The van der Waals surface area contributed by atoms with E-state index < -0.39 is 0 Å². The highest BCUT2D eigenvalue weighted by atomic mass is 35.5. The van der Waals surface area contributed by atoms with Gasteiger partial charge in [-0.1, -0.05) is 23.2 Å². The Bertz CT molecular complexity index is 871. The van der Waals surface area contributed by atoms with Gasteiger partial charge in [-0.3, -0.25) is 9.59 Å². The van der Waals surface area contributed by atoms with Crippen molar-refractivity contribution >= 4 is 46.5 Å². The number of likely N-dealkylation sites (tertiary alicyclic amines) is 1. The summed E-state index contributed by atoms with van der Waals surface area (Å²) in [6.07, 6.45) is 3.20. The van der Waals surface area contributed by atoms with E-state index in [4.69, 9.17) is 23.2 Å². The second-order valence-corrected chi connectivity index (χ2v) is 7.82. The molecule has 2 heterocycles. The van der Waals surface area contributed by atoms with Crippen LogP contribution >= 0.6 is 23.2 Å². The lowest BCUT2D eigenvalue weighted by Gasteiger charge is -2.32. The van der Waals surface area contributed by atoms with Crippen molar-refractivity contribution in [1.29, 1.82) is 0 Å². The first-order valence-electron chi connectivity index (χ1n) is 9.03. The fourth-order valence-corrected chi connectivity index (χ4v) is 3.44. The molecule has 1 fully saturated rings. The molecule has 1 aliphatic heterocycles. The van der Waals surface area contributed by atoms with Gasteiger partial charge in [0, 0.05) is 32.7 Å². The highest BCUT2D eigenvalue weighted by Gasteiger charge is 2.29. The van der Waals surface area contributed by atoms with Gasteiger partial charge < -0.3 is 15.1 Å². The molecule has 1 atom stereocenters. The minimum atomic E-state index is -0.282. The topological polar surface area (TPSA) is 65.5 Å². The molecule has 28 heavy (non-hydrogen) atoms. The van der Waals surface area contributed by atoms with Crippen molar-refractivity contribution in [3.63, 3.8) is 0 Å². The van der Waals surface area contributed by atoms with Crippen molar-refractivity contribution in [1.82, 2.24) is 9.88 Å². The number of carbonyl (C=O) groups is 2. The lowest BCUT2D eigenvalue weighted by atomic mass is 9.96. The van der Waals surface area contributed by atoms with E-state index in [2.05, 4.69) is 10.3 Å². The monoisotopic (exact) mass is 420 g/mol. The van der Waals surface area contributed by atoms with Crippen LogP contribution < -0.4 is 10.2 Å². The summed E-state index contributed by atoms with van der Waals surface area (Å²) in [6.45, 7) is 0.972. The summed E-state index contributed by atoms with van der Waals surface area (Å²) in [5, 5.41) is 3.59. The van der Waals surface area contributed by atoms with E-state index in [0.29, 0.717) is 34.5 Å². The maximum Gasteiger partial charge on any atom is 0.253 e. The van der Waals surface area contributed by atoms with Crippen molar-refractivity contribution in [3.8, 4) is 0 Å². The Morgan fingerprint density at radius 3 is 2.61 bits per heavy atom. The quantitative estimate of drug-likeness (QED) is 0.812. The van der Waals surface area contributed by atoms with Crippen LogP contribution in [0, 0.1) is 5.92 Å². The van der Waals surface area contributed by atoms with Crippen LogP contribution in [0.1, 0.15) is 23.2 Å². The minimum absolute atomic E-state index is 0.128. The molecule has 0 aliphatic carbocycles. The molecule has 6 nitrogen and oxygen atoms in total. The number of hydrogen-bond donors (Lipinski definition) is 1. The number of benzene rings is 1. The molecule has 2 aromatic rings. The Labute approximate surface area is 174 Å². The molecule has 3 rings (SSSR count). The third kappa shape index (κ3) is 4.75. The van der Waals surface area contributed by atoms with Gasteiger partial charge in [0.15, 0.2) is 0 Å². The standard InChI is InChI=1S/C20H22Cl2N4O2/c1-25(2)15-6-8-18(23-11-15)24-19(27)14-4-3-9-26(12-14)20(28)13-5-7-16(21)17(22)10-13/h5-8,10-11,14H,3-4,9,12H2,1-2H3,(H,23,24,27). The van der Waals surface area contributed by atoms with Gasteiger partial charge in [-0.15, -0.1) is 0 Å². The molecule has 148 valence electrons. The number of carbonyl (C=O) groups excluding carboxylic acids is 2. The van der Waals surface area contributed by atoms with Gasteiger partial charge in [0.05, 0.1) is 27.8 Å². The lowest BCUT2D eigenvalue weighted by Crippen LogP contribution is -2.43. The zero-order valence-electron chi connectivity index (χ0n) is 15.8. The smallest absolute Gasteiger partial charge is 0.253 e. The fraction of sp³-hybridized carbons (Fsp3) is 0.350. The van der Waals surface area contributed by atoms with Crippen LogP contribution in [0.5, 0.6) is 0 Å². The second kappa shape index (κ2) is 8.80. The van der Waals surface area contributed by atoms with Gasteiger partial charge in [0.2, 0.25) is 5.91 Å². The van der Waals surface area contributed by atoms with Gasteiger partial charge in [0.1, 0.15) is 5.82 Å². The van der Waals surface area contributed by atoms with E-state index in [1.807, 2.05) is 25.1 Å². The van der Waals surface area contributed by atoms with Crippen LogP contribution in [0.15, 0.2) is 36.5 Å². The number of pyridine rings is 1. The first-order chi connectivity index (χ1) is 13.3. The van der Waals surface area contributed by atoms with Crippen molar-refractivity contribution in [2.45, 2.75) is 12.8 Å². The van der Waals surface area contributed by atoms with Gasteiger partial charge in [0.25, 0.3) is 5.91 Å². The predicted molar refractivity (Wildman–Crippen MR) is 112 cm³/mol. The summed E-state index contributed by atoms with van der Waals surface area (Å²) in [7, 11) is 3.85. The summed E-state index contributed by atoms with van der Waals surface area (Å²) in [5.41, 5.74) is 1.42. The first-order valence-corrected chi connectivity index (χ1v) is 9.79. The Morgan fingerprint density at radius 2 is 1.96 bits per heavy atom. The highest BCUT2D eigenvalue weighted by Crippen LogP contribution is 2.25. The molecule has 1 unspecified atom stereocenters. The SMILES string of the molecule is CN(C)c1ccc(NC(=O)C2CCCN(C(=O)c3ccc(Cl)c(Cl)c3)C2)nc1. The number of rotatable bonds is 4. The second-order valence-electron chi connectivity index (χ2n) is 7.00. The number of amides is 2. The molecule has 1 N–H and O–H groups in total. The lowest BCUT2D eigenvalue weighted by molar-refractivity contribution is -0.121. The largest absolute Gasteiger partial charge is 0.376 e. The molecule has 0 bridgehead atoms. The zero-order chi connectivity index (χ0) is 20.3. The van der Waals surface area contributed by atoms with Crippen molar-refractivity contribution in [2.24, 2.45) is 5.92 Å². The van der Waals surface area contributed by atoms with Crippen LogP contribution in [0.3, 0.4) is 0 Å². The van der Waals surface area contributed by atoms with Gasteiger partial charge in [-0.2, -0.15) is 0 Å². The van der Waals surface area contributed by atoms with Crippen LogP contribution in [0.25, 0.3) is 0 Å². The summed E-state index contributed by atoms with van der Waals surface area (Å²) >= 11 is 11.9. The molecule has 2 amide bonds. The molecule has 1 aromatic heterocycles. The summed E-state index contributed by atoms with van der Waals surface area (Å²) in [4.78, 5) is 33.3. The predicted octanol–water partition coefficient (Wildman–Crippen LogP) is 3.95. The maximum atomic E-state index is 12.8. The molecular formula is C20H22Cl2N4O2. The van der Waals surface area contributed by atoms with Gasteiger partial charge in [-0.25, -0.2) is 4.98 Å². The first kappa shape index (κ1) is 20.4. The van der Waals surface area contributed by atoms with Crippen molar-refractivity contribution < 1.29 is 9.59 Å². The van der Waals surface area contributed by atoms with Gasteiger partial charge in [-0.05, 0) is 43.2 Å². The van der Waals surface area contributed by atoms with Gasteiger partial charge >= 0.3 is 0 Å². The maximum absolute atomic E-state index is 12.8. The number of halogens is 2. The number of hydrogen-bond acceptors (Lipinski definition) is 4. The summed E-state index contributed by atoms with van der Waals surface area (Å²) < 4.78 is 0. The zero-order valence-corrected chi connectivity index (χ0v) is 17.3. The Morgan fingerprint density at radius 1 is 1.18 bits per heavy atom. The number of piperidine rings is 1. The Balaban J connectivity index is 1.64. The van der Waals surface area contributed by atoms with Crippen molar-refractivity contribution in [2.75, 3.05) is 37.4 Å². The normalized spacial score (nSPS) is 16.6. The van der Waals surface area contributed by atoms with Crippen LogP contribution in [0.4, 0.5) is 11.5 Å². The van der Waals surface area contributed by atoms with E-state index in [1.165, 1.54) is 0 Å². The number of nitrogens with one attached hydrogen (secondary N) is 1. The summed E-state index contributed by atoms with van der Waals surface area (Å²) in [6, 6.07) is 8.48. The highest BCUT2D eigenvalue weighted by molar-refractivity contribution is 6.42. The van der Waals surface area contributed by atoms with Crippen LogP contribution in [-0.4, -0.2) is 48.9 Å². The molecule has 1 aliphatic rings. The number of aromatic nitrogens is 1. The average molecular weight is 421 g/mol.